The number of nitrogens with zero attached hydrogens (tertiary/aromatic N) is 5. The molecule has 3 aliphatic heterocycles. The predicted molar refractivity (Wildman–Crippen MR) is 224 cm³/mol. The lowest BCUT2D eigenvalue weighted by atomic mass is 10.0. The van der Waals surface area contributed by atoms with Crippen molar-refractivity contribution >= 4 is 75.3 Å². The number of hydrogen-bond acceptors (Lipinski definition) is 10. The van der Waals surface area contributed by atoms with Crippen LogP contribution in [-0.4, -0.2) is 95.0 Å². The van der Waals surface area contributed by atoms with Crippen LogP contribution in [0.2, 0.25) is 5.02 Å². The number of halogens is 2. The molecular formula is C42H46ClFN8O5S. The number of amides is 4. The molecule has 1 aliphatic carbocycles. The molecule has 7 rings (SSSR count). The Morgan fingerprint density at radius 2 is 1.76 bits per heavy atom. The van der Waals surface area contributed by atoms with E-state index in [0.717, 1.165) is 29.8 Å². The Labute approximate surface area is 347 Å². The van der Waals surface area contributed by atoms with Crippen molar-refractivity contribution in [3.8, 4) is 11.8 Å². The van der Waals surface area contributed by atoms with Gasteiger partial charge in [0, 0.05) is 49.5 Å². The van der Waals surface area contributed by atoms with E-state index in [1.165, 1.54) is 23.1 Å². The molecule has 16 heteroatoms. The Hall–Kier alpha value is -5.14. The Kier molecular flexibility index (Phi) is 11.8. The van der Waals surface area contributed by atoms with E-state index in [-0.39, 0.29) is 53.5 Å². The van der Waals surface area contributed by atoms with Crippen molar-refractivity contribution in [2.75, 3.05) is 53.2 Å². The Bertz CT molecular complexity index is 2200. The molecule has 3 aromatic carbocycles. The first kappa shape index (κ1) is 41.0. The number of nitrogens with one attached hydrogen (secondary N) is 3. The number of ether oxygens (including phenoxy) is 1. The van der Waals surface area contributed by atoms with E-state index in [4.69, 9.17) is 28.6 Å². The van der Waals surface area contributed by atoms with Crippen LogP contribution in [0.1, 0.15) is 70.4 Å². The highest BCUT2D eigenvalue weighted by molar-refractivity contribution is 7.81. The molecule has 0 aromatic heterocycles. The van der Waals surface area contributed by atoms with Crippen molar-refractivity contribution in [3.63, 3.8) is 0 Å². The predicted octanol–water partition coefficient (Wildman–Crippen LogP) is 5.77. The van der Waals surface area contributed by atoms with Crippen molar-refractivity contribution in [3.05, 3.63) is 76.6 Å². The molecule has 3 saturated heterocycles. The molecule has 4 amide bonds. The number of hydrogen-bond donors (Lipinski definition) is 3. The summed E-state index contributed by atoms with van der Waals surface area (Å²) >= 11 is 12.2. The van der Waals surface area contributed by atoms with Gasteiger partial charge >= 0.3 is 0 Å². The summed E-state index contributed by atoms with van der Waals surface area (Å²) in [7, 11) is 0. The number of benzene rings is 3. The van der Waals surface area contributed by atoms with Crippen LogP contribution in [0.4, 0.5) is 27.1 Å². The second-order valence-corrected chi connectivity index (χ2v) is 16.7. The fourth-order valence-electron chi connectivity index (χ4n) is 8.05. The Balaban J connectivity index is 0.939. The number of imide groups is 1. The molecule has 4 fully saturated rings. The van der Waals surface area contributed by atoms with E-state index in [9.17, 15) is 28.8 Å². The van der Waals surface area contributed by atoms with E-state index in [1.807, 2.05) is 36.9 Å². The number of carbonyl (C=O) groups excluding carboxylic acids is 4. The Morgan fingerprint density at radius 1 is 1.03 bits per heavy atom. The SMILES string of the molecule is C[C@@H]1CN(CCOc2ccc(N3C(=S)N(c4ccc(C#N)c(Cl)c4)C(=O)C3(C)C)cc2C2CC2)C[C@H](C)N1CC(=O)Nc1cc(NC2CCC(=O)NC2=O)ccc1F. The largest absolute Gasteiger partial charge is 0.492 e. The molecule has 13 nitrogen and oxygen atoms in total. The summed E-state index contributed by atoms with van der Waals surface area (Å²) in [5.41, 5.74) is 2.18. The van der Waals surface area contributed by atoms with Gasteiger partial charge < -0.3 is 20.3 Å². The molecule has 1 unspecified atom stereocenters. The number of nitriles is 1. The zero-order valence-corrected chi connectivity index (χ0v) is 34.4. The number of carbonyl (C=O) groups is 4. The maximum absolute atomic E-state index is 14.8. The third-order valence-electron chi connectivity index (χ3n) is 11.3. The first-order valence-electron chi connectivity index (χ1n) is 19.5. The van der Waals surface area contributed by atoms with Crippen molar-refractivity contribution < 1.29 is 28.3 Å². The summed E-state index contributed by atoms with van der Waals surface area (Å²) in [6.45, 7) is 10.5. The van der Waals surface area contributed by atoms with Crippen LogP contribution in [0.15, 0.2) is 54.6 Å². The number of anilines is 4. The first-order valence-corrected chi connectivity index (χ1v) is 20.3. The minimum absolute atomic E-state index is 0.00719. The maximum atomic E-state index is 14.8. The maximum Gasteiger partial charge on any atom is 0.259 e. The highest BCUT2D eigenvalue weighted by atomic mass is 35.5. The fraction of sp³-hybridized carbons (Fsp3) is 0.429. The van der Waals surface area contributed by atoms with Crippen LogP contribution in [-0.2, 0) is 19.2 Å². The van der Waals surface area contributed by atoms with Gasteiger partial charge in [-0.25, -0.2) is 4.39 Å². The molecule has 1 saturated carbocycles. The standard InChI is InChI=1S/C42H46ClFN8O5S/c1-24-21-49(22-25(2)50(24)23-38(54)47-35-17-28(8-11-33(35)44)46-34-12-14-37(53)48-39(34)55)15-16-57-36-13-10-30(18-31(36)26-5-6-26)52-41(58)51(40(56)42(52,3)4)29-9-7-27(20-45)32(43)19-29/h7-11,13,17-19,24-26,34,46H,5-6,12,14-16,21-23H2,1-4H3,(H,47,54)(H,48,53,55)/t24-,25+,34?. The zero-order valence-electron chi connectivity index (χ0n) is 32.8. The van der Waals surface area contributed by atoms with Crippen LogP contribution in [0.3, 0.4) is 0 Å². The lowest BCUT2D eigenvalue weighted by Crippen LogP contribution is -2.58. The van der Waals surface area contributed by atoms with Crippen molar-refractivity contribution in [1.29, 1.82) is 5.26 Å². The molecule has 3 aromatic rings. The lowest BCUT2D eigenvalue weighted by Gasteiger charge is -2.44. The average Bonchev–Trinajstić information content (AvgIpc) is 4.00. The number of piperazine rings is 1. The topological polar surface area (TPSA) is 150 Å². The highest BCUT2D eigenvalue weighted by Gasteiger charge is 2.50. The van der Waals surface area contributed by atoms with Gasteiger partial charge in [0.1, 0.15) is 35.8 Å². The van der Waals surface area contributed by atoms with Gasteiger partial charge in [0.15, 0.2) is 5.11 Å². The molecule has 3 atom stereocenters. The summed E-state index contributed by atoms with van der Waals surface area (Å²) in [6.07, 6.45) is 2.62. The number of thiocarbonyl (C=S) groups is 1. The minimum atomic E-state index is -0.977. The van der Waals surface area contributed by atoms with E-state index >= 15 is 0 Å². The van der Waals surface area contributed by atoms with E-state index < -0.39 is 23.3 Å². The second kappa shape index (κ2) is 16.6. The zero-order chi connectivity index (χ0) is 41.5. The molecule has 0 radical (unpaired) electrons. The molecule has 0 spiro atoms. The van der Waals surface area contributed by atoms with Crippen molar-refractivity contribution in [1.82, 2.24) is 15.1 Å². The smallest absolute Gasteiger partial charge is 0.259 e. The van der Waals surface area contributed by atoms with Crippen LogP contribution >= 0.6 is 23.8 Å². The summed E-state index contributed by atoms with van der Waals surface area (Å²) in [6, 6.07) is 16.5. The van der Waals surface area contributed by atoms with Gasteiger partial charge in [0.25, 0.3) is 5.91 Å². The van der Waals surface area contributed by atoms with Crippen LogP contribution in [0.5, 0.6) is 5.75 Å². The second-order valence-electron chi connectivity index (χ2n) is 16.0. The molecule has 304 valence electrons. The van der Waals surface area contributed by atoms with E-state index in [2.05, 4.69) is 45.7 Å². The van der Waals surface area contributed by atoms with Gasteiger partial charge in [0.05, 0.1) is 28.5 Å². The monoisotopic (exact) mass is 828 g/mol. The van der Waals surface area contributed by atoms with Crippen LogP contribution < -0.4 is 30.5 Å². The number of piperidine rings is 1. The summed E-state index contributed by atoms with van der Waals surface area (Å²) in [4.78, 5) is 58.4. The number of rotatable bonds is 12. The first-order chi connectivity index (χ1) is 27.6. The van der Waals surface area contributed by atoms with Gasteiger partial charge in [-0.3, -0.25) is 39.2 Å². The molecule has 58 heavy (non-hydrogen) atoms. The average molecular weight is 829 g/mol. The van der Waals surface area contributed by atoms with Gasteiger partial charge in [-0.15, -0.1) is 0 Å². The van der Waals surface area contributed by atoms with E-state index in [0.29, 0.717) is 60.6 Å². The molecule has 3 N–H and O–H groups in total. The third kappa shape index (κ3) is 8.51. The summed E-state index contributed by atoms with van der Waals surface area (Å²) < 4.78 is 21.2. The minimum Gasteiger partial charge on any atom is -0.492 e. The molecule has 4 aliphatic rings. The highest BCUT2D eigenvalue weighted by Crippen LogP contribution is 2.47. The normalized spacial score (nSPS) is 22.5. The van der Waals surface area contributed by atoms with Crippen molar-refractivity contribution in [2.24, 2.45) is 0 Å². The summed E-state index contributed by atoms with van der Waals surface area (Å²) in [5.74, 6) is -0.752. The molecule has 3 heterocycles. The van der Waals surface area contributed by atoms with Crippen LogP contribution in [0.25, 0.3) is 0 Å². The molecular weight excluding hydrogens is 783 g/mol. The van der Waals surface area contributed by atoms with Gasteiger partial charge in [-0.05, 0) is 125 Å². The molecule has 0 bridgehead atoms. The van der Waals surface area contributed by atoms with Gasteiger partial charge in [-0.1, -0.05) is 11.6 Å². The Morgan fingerprint density at radius 3 is 2.43 bits per heavy atom. The quantitative estimate of drug-likeness (QED) is 0.151. The van der Waals surface area contributed by atoms with Crippen molar-refractivity contribution in [2.45, 2.75) is 83.0 Å². The lowest BCUT2D eigenvalue weighted by molar-refractivity contribution is -0.133. The third-order valence-corrected chi connectivity index (χ3v) is 11.9. The summed E-state index contributed by atoms with van der Waals surface area (Å²) in [5, 5.41) is 17.9. The van der Waals surface area contributed by atoms with Gasteiger partial charge in [0.2, 0.25) is 17.7 Å². The van der Waals surface area contributed by atoms with Crippen LogP contribution in [0, 0.1) is 17.1 Å². The fourth-order valence-corrected chi connectivity index (χ4v) is 8.79. The van der Waals surface area contributed by atoms with Gasteiger partial charge in [-0.2, -0.15) is 5.26 Å². The van der Waals surface area contributed by atoms with E-state index in [1.54, 1.807) is 18.2 Å².